The predicted molar refractivity (Wildman–Crippen MR) is 232 cm³/mol. The average molecular weight is 782 g/mol. The molecule has 14 heteroatoms. The third-order valence-electron chi connectivity index (χ3n) is 7.51. The van der Waals surface area contributed by atoms with Crippen molar-refractivity contribution in [2.24, 2.45) is 0 Å². The van der Waals surface area contributed by atoms with E-state index in [1.54, 1.807) is 49.1 Å². The standard InChI is InChI=1S/2C13H14N2O.C8H8O.C5H6N2.C5H5N2.CH4.2Li.H2N/c2*16-12(11-6-2-1-3-7-11)10-15-13-8-4-5-9-14-13;1-2-4-7(5-3-1)8-6-9-8;2*6-5-3-1-2-4-7-5;;;;/h2*1-9,12,16H,10H2,(H,14,15);1-5,8H,6H2;1-4H,(H2,6,7);1-4H,(H-,6,7);1H4;;;1H2/q;;;;-1;;2*+1;-1/t2*12-;8-;;;;;;/m000....../s1. The number of hydrogen-bond acceptors (Lipinski definition) is 10. The Morgan fingerprint density at radius 2 is 0.932 bits per heavy atom. The summed E-state index contributed by atoms with van der Waals surface area (Å²) < 4.78 is 5.09. The summed E-state index contributed by atoms with van der Waals surface area (Å²) >= 11 is 0. The molecular formula is C45H53Li2N9O3. The van der Waals surface area contributed by atoms with Gasteiger partial charge in [0.25, 0.3) is 0 Å². The van der Waals surface area contributed by atoms with Gasteiger partial charge in [0.15, 0.2) is 0 Å². The number of nitrogens with one attached hydrogen (secondary N) is 3. The third kappa shape index (κ3) is 23.5. The number of anilines is 3. The van der Waals surface area contributed by atoms with Crippen LogP contribution < -0.4 is 54.1 Å². The van der Waals surface area contributed by atoms with Crippen LogP contribution in [0.5, 0.6) is 0 Å². The minimum Gasteiger partial charge on any atom is -0.693 e. The average Bonchev–Trinajstić information content (AvgIpc) is 4.12. The van der Waals surface area contributed by atoms with Crippen LogP contribution in [0.1, 0.15) is 42.4 Å². The van der Waals surface area contributed by atoms with Gasteiger partial charge in [0, 0.05) is 31.7 Å². The molecule has 298 valence electrons. The Bertz CT molecular complexity index is 1840. The molecule has 1 fully saturated rings. The topological polar surface area (TPSA) is 212 Å². The van der Waals surface area contributed by atoms with Crippen molar-refractivity contribution in [3.8, 4) is 0 Å². The minimum absolute atomic E-state index is 0. The summed E-state index contributed by atoms with van der Waals surface area (Å²) in [5.74, 6) is 2.44. The second kappa shape index (κ2) is 32.5. The van der Waals surface area contributed by atoms with E-state index in [1.807, 2.05) is 127 Å². The zero-order valence-electron chi connectivity index (χ0n) is 33.0. The van der Waals surface area contributed by atoms with Crippen molar-refractivity contribution in [3.05, 3.63) is 217 Å². The molecule has 1 aliphatic rings. The van der Waals surface area contributed by atoms with Crippen molar-refractivity contribution in [1.29, 1.82) is 0 Å². The number of nitrogen functional groups attached to an aromatic ring is 1. The van der Waals surface area contributed by atoms with Crippen molar-refractivity contribution in [1.82, 2.24) is 19.9 Å². The molecule has 3 atom stereocenters. The Kier molecular flexibility index (Phi) is 29.4. The van der Waals surface area contributed by atoms with Crippen LogP contribution >= 0.6 is 0 Å². The van der Waals surface area contributed by atoms with E-state index in [0.29, 0.717) is 30.8 Å². The number of pyridine rings is 4. The summed E-state index contributed by atoms with van der Waals surface area (Å²) in [5.41, 5.74) is 15.3. The fourth-order valence-corrected chi connectivity index (χ4v) is 4.57. The van der Waals surface area contributed by atoms with E-state index >= 15 is 0 Å². The van der Waals surface area contributed by atoms with Gasteiger partial charge in [-0.25, -0.2) is 15.0 Å². The molecule has 9 N–H and O–H groups in total. The number of epoxide rings is 1. The second-order valence-corrected chi connectivity index (χ2v) is 11.7. The normalized spacial score (nSPS) is 12.2. The molecule has 8 rings (SSSR count). The predicted octanol–water partition coefficient (Wildman–Crippen LogP) is 4.00. The number of ether oxygens (including phenoxy) is 1. The molecule has 1 saturated heterocycles. The van der Waals surface area contributed by atoms with Crippen LogP contribution in [0.25, 0.3) is 11.9 Å². The molecule has 1 aliphatic heterocycles. The first kappa shape index (κ1) is 53.5. The van der Waals surface area contributed by atoms with E-state index in [0.717, 1.165) is 29.4 Å². The molecule has 0 bridgehead atoms. The maximum Gasteiger partial charge on any atom is 1.00 e. The molecule has 3 aromatic carbocycles. The van der Waals surface area contributed by atoms with E-state index in [-0.39, 0.29) is 51.3 Å². The van der Waals surface area contributed by atoms with Gasteiger partial charge in [-0.1, -0.05) is 147 Å². The molecule has 7 aromatic rings. The van der Waals surface area contributed by atoms with Gasteiger partial charge in [-0.05, 0) is 53.1 Å². The second-order valence-electron chi connectivity index (χ2n) is 11.7. The van der Waals surface area contributed by atoms with Crippen LogP contribution in [0.2, 0.25) is 0 Å². The van der Waals surface area contributed by atoms with Crippen molar-refractivity contribution >= 4 is 23.3 Å². The van der Waals surface area contributed by atoms with Crippen molar-refractivity contribution < 1.29 is 52.7 Å². The van der Waals surface area contributed by atoms with E-state index in [9.17, 15) is 10.2 Å². The van der Waals surface area contributed by atoms with Crippen LogP contribution in [-0.4, -0.2) is 49.8 Å². The van der Waals surface area contributed by atoms with Gasteiger partial charge in [0.05, 0.1) is 18.8 Å². The van der Waals surface area contributed by atoms with Gasteiger partial charge in [-0.3, -0.25) is 0 Å². The van der Waals surface area contributed by atoms with E-state index in [2.05, 4.69) is 42.7 Å². The van der Waals surface area contributed by atoms with Crippen LogP contribution in [0.15, 0.2) is 189 Å². The molecule has 0 saturated carbocycles. The Morgan fingerprint density at radius 1 is 0.559 bits per heavy atom. The third-order valence-corrected chi connectivity index (χ3v) is 7.51. The number of nitrogens with two attached hydrogens (primary N) is 2. The number of hydrogen-bond donors (Lipinski definition) is 5. The first-order valence-electron chi connectivity index (χ1n) is 17.7. The van der Waals surface area contributed by atoms with Gasteiger partial charge in [-0.2, -0.15) is 0 Å². The monoisotopic (exact) mass is 781 g/mol. The largest absolute Gasteiger partial charge is 1.00 e. The summed E-state index contributed by atoms with van der Waals surface area (Å²) in [6, 6.07) is 51.4. The fourth-order valence-electron chi connectivity index (χ4n) is 4.57. The Balaban J connectivity index is 0.000000731. The van der Waals surface area contributed by atoms with E-state index < -0.39 is 12.2 Å². The zero-order chi connectivity index (χ0) is 38.8. The number of aromatic nitrogens is 4. The van der Waals surface area contributed by atoms with Crippen molar-refractivity contribution in [2.45, 2.75) is 25.7 Å². The fraction of sp³-hybridized carbons (Fsp3) is 0.156. The Morgan fingerprint density at radius 3 is 1.22 bits per heavy atom. The summed E-state index contributed by atoms with van der Waals surface area (Å²) in [6.07, 6.45) is 6.09. The molecule has 4 aromatic heterocycles. The smallest absolute Gasteiger partial charge is 0.693 e. The first-order chi connectivity index (χ1) is 27.0. The molecule has 5 heterocycles. The maximum absolute atomic E-state index is 9.89. The summed E-state index contributed by atoms with van der Waals surface area (Å²) in [4.78, 5) is 15.6. The van der Waals surface area contributed by atoms with Crippen LogP contribution in [0.4, 0.5) is 23.3 Å². The number of rotatable bonds is 9. The van der Waals surface area contributed by atoms with E-state index in [1.165, 1.54) is 5.56 Å². The molecular weight excluding hydrogens is 728 g/mol. The van der Waals surface area contributed by atoms with Gasteiger partial charge < -0.3 is 48.2 Å². The number of nitrogens with zero attached hydrogens (tertiary/aromatic N) is 4. The van der Waals surface area contributed by atoms with Gasteiger partial charge in [-0.15, -0.1) is 0 Å². The van der Waals surface area contributed by atoms with Crippen LogP contribution in [0.3, 0.4) is 0 Å². The molecule has 12 nitrogen and oxygen atoms in total. The van der Waals surface area contributed by atoms with Gasteiger partial charge in [0.1, 0.15) is 23.6 Å². The van der Waals surface area contributed by atoms with Gasteiger partial charge >= 0.3 is 37.7 Å². The molecule has 0 spiro atoms. The first-order valence-corrected chi connectivity index (χ1v) is 17.7. The number of aliphatic hydroxyl groups excluding tert-OH is 2. The zero-order valence-corrected chi connectivity index (χ0v) is 33.0. The Hall–Kier alpha value is -5.51. The van der Waals surface area contributed by atoms with Crippen molar-refractivity contribution in [3.63, 3.8) is 0 Å². The molecule has 0 unspecified atom stereocenters. The molecule has 0 radical (unpaired) electrons. The summed E-state index contributed by atoms with van der Waals surface area (Å²) in [6.45, 7) is 1.83. The van der Waals surface area contributed by atoms with Crippen LogP contribution in [0, 0.1) is 0 Å². The number of benzene rings is 3. The molecule has 0 amide bonds. The van der Waals surface area contributed by atoms with E-state index in [4.69, 9.17) is 16.2 Å². The summed E-state index contributed by atoms with van der Waals surface area (Å²) in [5, 5.41) is 25.9. The summed E-state index contributed by atoms with van der Waals surface area (Å²) in [7, 11) is 0. The minimum atomic E-state index is -0.511. The van der Waals surface area contributed by atoms with Crippen molar-refractivity contribution in [2.75, 3.05) is 36.1 Å². The quantitative estimate of drug-likeness (QED) is 0.105. The molecule has 0 aliphatic carbocycles. The van der Waals surface area contributed by atoms with Gasteiger partial charge in [0.2, 0.25) is 0 Å². The number of aliphatic hydroxyl groups is 2. The molecule has 59 heavy (non-hydrogen) atoms. The van der Waals surface area contributed by atoms with Crippen LogP contribution in [-0.2, 0) is 4.74 Å². The Labute approximate surface area is 372 Å². The SMILES string of the molecule is C.Nc1ccccn1.O[C@@H](CNc1ccccn1)c1ccccc1.O[C@@H](CNc1ccccn1)c1ccccc1.[Li+].[Li+].[NH-]c1ccccn1.[NH2-].c1ccc([C@@H]2CO2)cc1. The maximum atomic E-state index is 9.89.